The van der Waals surface area contributed by atoms with Gasteiger partial charge < -0.3 is 5.32 Å². The zero-order chi connectivity index (χ0) is 21.7. The fourth-order valence-corrected chi connectivity index (χ4v) is 3.96. The van der Waals surface area contributed by atoms with Crippen LogP contribution in [-0.4, -0.2) is 27.8 Å². The lowest BCUT2D eigenvalue weighted by molar-refractivity contribution is -0.137. The molecule has 2 amide bonds. The maximum Gasteiger partial charge on any atom is 0.416 e. The van der Waals surface area contributed by atoms with Crippen molar-refractivity contribution in [2.45, 2.75) is 17.4 Å². The molecule has 2 aromatic carbocycles. The average molecular weight is 452 g/mol. The van der Waals surface area contributed by atoms with Crippen molar-refractivity contribution in [3.05, 3.63) is 65.2 Å². The van der Waals surface area contributed by atoms with E-state index < -0.39 is 17.6 Å². The minimum absolute atomic E-state index is 0.0545. The fraction of sp³-hybridized carbons (Fsp3) is 0.158. The maximum absolute atomic E-state index is 12.7. The molecule has 156 valence electrons. The highest BCUT2D eigenvalue weighted by molar-refractivity contribution is 8.01. The van der Waals surface area contributed by atoms with Crippen molar-refractivity contribution in [3.8, 4) is 0 Å². The van der Waals surface area contributed by atoms with Crippen molar-refractivity contribution in [2.75, 3.05) is 16.4 Å². The van der Waals surface area contributed by atoms with Gasteiger partial charge in [-0.25, -0.2) is 0 Å². The molecule has 0 fully saturated rings. The van der Waals surface area contributed by atoms with Crippen LogP contribution in [0.15, 0.2) is 52.9 Å². The Morgan fingerprint density at radius 1 is 1.07 bits per heavy atom. The largest absolute Gasteiger partial charge is 0.416 e. The molecule has 0 aliphatic heterocycles. The van der Waals surface area contributed by atoms with Crippen molar-refractivity contribution in [1.82, 2.24) is 10.2 Å². The van der Waals surface area contributed by atoms with Gasteiger partial charge in [-0.15, -0.1) is 10.2 Å². The minimum Gasteiger partial charge on any atom is -0.325 e. The van der Waals surface area contributed by atoms with Crippen molar-refractivity contribution < 1.29 is 22.8 Å². The van der Waals surface area contributed by atoms with Crippen LogP contribution < -0.4 is 10.6 Å². The van der Waals surface area contributed by atoms with Gasteiger partial charge in [-0.2, -0.15) is 13.2 Å². The first-order chi connectivity index (χ1) is 14.2. The summed E-state index contributed by atoms with van der Waals surface area (Å²) in [6, 6.07) is 11.5. The Kier molecular flexibility index (Phi) is 6.73. The summed E-state index contributed by atoms with van der Waals surface area (Å²) >= 11 is 2.16. The van der Waals surface area contributed by atoms with Gasteiger partial charge in [0.25, 0.3) is 5.91 Å². The number of carbonyl (C=O) groups is 2. The number of hydrogen-bond donors (Lipinski definition) is 2. The predicted molar refractivity (Wildman–Crippen MR) is 110 cm³/mol. The average Bonchev–Trinajstić information content (AvgIpc) is 3.13. The predicted octanol–water partition coefficient (Wildman–Crippen LogP) is 4.85. The van der Waals surface area contributed by atoms with Gasteiger partial charge in [0, 0.05) is 11.3 Å². The maximum atomic E-state index is 12.7. The summed E-state index contributed by atoms with van der Waals surface area (Å²) in [5.41, 5.74) is 0.549. The van der Waals surface area contributed by atoms with E-state index in [0.717, 1.165) is 40.8 Å². The normalized spacial score (nSPS) is 11.2. The van der Waals surface area contributed by atoms with Gasteiger partial charge in [0.2, 0.25) is 11.0 Å². The lowest BCUT2D eigenvalue weighted by Gasteiger charge is -2.09. The van der Waals surface area contributed by atoms with Gasteiger partial charge in [-0.1, -0.05) is 47.4 Å². The minimum atomic E-state index is -4.48. The lowest BCUT2D eigenvalue weighted by atomic mass is 10.1. The summed E-state index contributed by atoms with van der Waals surface area (Å²) in [6.07, 6.45) is -4.48. The Bertz CT molecular complexity index is 1070. The third-order valence-corrected chi connectivity index (χ3v) is 5.79. The first-order valence-corrected chi connectivity index (χ1v) is 10.3. The lowest BCUT2D eigenvalue weighted by Crippen LogP contribution is -2.15. The van der Waals surface area contributed by atoms with E-state index >= 15 is 0 Å². The second-order valence-corrected chi connectivity index (χ2v) is 8.26. The van der Waals surface area contributed by atoms with Crippen molar-refractivity contribution >= 4 is 45.7 Å². The molecule has 30 heavy (non-hydrogen) atoms. The van der Waals surface area contributed by atoms with E-state index in [0.29, 0.717) is 9.90 Å². The number of thioether (sulfide) groups is 1. The highest BCUT2D eigenvalue weighted by atomic mass is 32.2. The number of benzene rings is 2. The molecule has 0 radical (unpaired) electrons. The molecule has 11 heteroatoms. The number of nitrogens with one attached hydrogen (secondary N) is 2. The fourth-order valence-electron chi connectivity index (χ4n) is 2.41. The molecule has 3 rings (SSSR count). The van der Waals surface area contributed by atoms with E-state index in [1.807, 2.05) is 19.1 Å². The Morgan fingerprint density at radius 2 is 1.83 bits per heavy atom. The Hall–Kier alpha value is -2.92. The molecule has 0 aliphatic rings. The second-order valence-electron chi connectivity index (χ2n) is 6.06. The van der Waals surface area contributed by atoms with Gasteiger partial charge in [-0.3, -0.25) is 14.9 Å². The van der Waals surface area contributed by atoms with Crippen LogP contribution in [0.4, 0.5) is 24.0 Å². The van der Waals surface area contributed by atoms with Crippen LogP contribution in [0.3, 0.4) is 0 Å². The Morgan fingerprint density at radius 3 is 2.57 bits per heavy atom. The molecule has 0 atom stereocenters. The number of nitrogens with zero attached hydrogens (tertiary/aromatic N) is 2. The van der Waals surface area contributed by atoms with Crippen molar-refractivity contribution in [3.63, 3.8) is 0 Å². The number of rotatable bonds is 6. The molecular weight excluding hydrogens is 437 g/mol. The molecule has 1 heterocycles. The smallest absolute Gasteiger partial charge is 0.325 e. The molecule has 0 saturated carbocycles. The zero-order valence-electron chi connectivity index (χ0n) is 15.5. The second kappa shape index (κ2) is 9.26. The highest BCUT2D eigenvalue weighted by Gasteiger charge is 2.30. The van der Waals surface area contributed by atoms with E-state index in [2.05, 4.69) is 20.8 Å². The highest BCUT2D eigenvalue weighted by Crippen LogP contribution is 2.31. The summed E-state index contributed by atoms with van der Waals surface area (Å²) in [4.78, 5) is 24.3. The quantitative estimate of drug-likeness (QED) is 0.413. The van der Waals surface area contributed by atoms with E-state index in [1.54, 1.807) is 12.1 Å². The Labute approximate surface area is 177 Å². The number of aromatic nitrogens is 2. The molecule has 1 aromatic heterocycles. The van der Waals surface area contributed by atoms with Crippen LogP contribution in [0.2, 0.25) is 0 Å². The topological polar surface area (TPSA) is 84.0 Å². The number of anilines is 2. The Balaban J connectivity index is 1.53. The van der Waals surface area contributed by atoms with Crippen molar-refractivity contribution in [2.24, 2.45) is 0 Å². The standard InChI is InChI=1S/C19H15F3N4O2S2/c1-11-5-2-3-8-14(11)16(28)24-17-25-26-18(30-17)29-10-15(27)23-13-7-4-6-12(9-13)19(20,21)22/h2-9H,10H2,1H3,(H,23,27)(H,24,25,28). The SMILES string of the molecule is Cc1ccccc1C(=O)Nc1nnc(SCC(=O)Nc2cccc(C(F)(F)F)c2)s1. The van der Waals surface area contributed by atoms with Gasteiger partial charge in [0.1, 0.15) is 0 Å². The molecule has 2 N–H and O–H groups in total. The monoisotopic (exact) mass is 452 g/mol. The van der Waals surface area contributed by atoms with Crippen LogP contribution in [0.25, 0.3) is 0 Å². The van der Waals surface area contributed by atoms with Crippen LogP contribution in [0.1, 0.15) is 21.5 Å². The van der Waals surface area contributed by atoms with Crippen LogP contribution in [0.5, 0.6) is 0 Å². The number of alkyl halides is 3. The summed E-state index contributed by atoms with van der Waals surface area (Å²) in [6.45, 7) is 1.82. The zero-order valence-corrected chi connectivity index (χ0v) is 17.1. The van der Waals surface area contributed by atoms with Crippen LogP contribution >= 0.6 is 23.1 Å². The molecule has 0 bridgehead atoms. The van der Waals surface area contributed by atoms with E-state index in [4.69, 9.17) is 0 Å². The summed E-state index contributed by atoms with van der Waals surface area (Å²) in [5, 5.41) is 13.1. The number of aryl methyl sites for hydroxylation is 1. The first kappa shape index (κ1) is 21.8. The van der Waals surface area contributed by atoms with Gasteiger partial charge in [-0.05, 0) is 36.8 Å². The van der Waals surface area contributed by atoms with E-state index in [9.17, 15) is 22.8 Å². The molecule has 0 saturated heterocycles. The summed E-state index contributed by atoms with van der Waals surface area (Å²) in [7, 11) is 0. The van der Waals surface area contributed by atoms with Crippen LogP contribution in [0, 0.1) is 6.92 Å². The van der Waals surface area contributed by atoms with Gasteiger partial charge in [0.05, 0.1) is 11.3 Å². The first-order valence-electron chi connectivity index (χ1n) is 8.53. The summed E-state index contributed by atoms with van der Waals surface area (Å²) in [5.74, 6) is -0.875. The molecule has 3 aromatic rings. The third kappa shape index (κ3) is 5.80. The van der Waals surface area contributed by atoms with Crippen LogP contribution in [-0.2, 0) is 11.0 Å². The number of carbonyl (C=O) groups excluding carboxylic acids is 2. The van der Waals surface area contributed by atoms with E-state index in [1.165, 1.54) is 12.1 Å². The summed E-state index contributed by atoms with van der Waals surface area (Å²) < 4.78 is 38.7. The van der Waals surface area contributed by atoms with Gasteiger partial charge in [0.15, 0.2) is 4.34 Å². The molecular formula is C19H15F3N4O2S2. The van der Waals surface area contributed by atoms with Gasteiger partial charge >= 0.3 is 6.18 Å². The molecule has 0 aliphatic carbocycles. The number of amides is 2. The molecule has 0 spiro atoms. The van der Waals surface area contributed by atoms with Crippen molar-refractivity contribution in [1.29, 1.82) is 0 Å². The molecule has 6 nitrogen and oxygen atoms in total. The van der Waals surface area contributed by atoms with E-state index in [-0.39, 0.29) is 22.5 Å². The third-order valence-electron chi connectivity index (χ3n) is 3.82. The molecule has 0 unspecified atom stereocenters. The number of hydrogen-bond acceptors (Lipinski definition) is 6. The number of halogens is 3.